The molecule has 0 radical (unpaired) electrons. The van der Waals surface area contributed by atoms with Crippen molar-refractivity contribution < 1.29 is 14.0 Å². The Balaban J connectivity index is 1.55. The molecule has 2 aliphatic carbocycles. The van der Waals surface area contributed by atoms with Crippen molar-refractivity contribution in [3.05, 3.63) is 87.9 Å². The van der Waals surface area contributed by atoms with Crippen LogP contribution in [0, 0.1) is 24.6 Å². The average Bonchev–Trinajstić information content (AvgIpc) is 3.57. The number of amides is 2. The van der Waals surface area contributed by atoms with Gasteiger partial charge in [0.05, 0.1) is 6.42 Å². The van der Waals surface area contributed by atoms with E-state index in [9.17, 15) is 14.0 Å². The van der Waals surface area contributed by atoms with Crippen molar-refractivity contribution in [2.24, 2.45) is 11.8 Å². The van der Waals surface area contributed by atoms with Crippen LogP contribution in [0.5, 0.6) is 0 Å². The normalized spacial score (nSPS) is 21.9. The van der Waals surface area contributed by atoms with Crippen molar-refractivity contribution in [2.45, 2.75) is 51.1 Å². The van der Waals surface area contributed by atoms with Gasteiger partial charge in [-0.3, -0.25) is 14.5 Å². The van der Waals surface area contributed by atoms with Crippen LogP contribution in [0.3, 0.4) is 0 Å². The van der Waals surface area contributed by atoms with Gasteiger partial charge >= 0.3 is 0 Å². The van der Waals surface area contributed by atoms with Crippen molar-refractivity contribution in [1.29, 1.82) is 0 Å². The zero-order valence-electron chi connectivity index (χ0n) is 19.2. The number of carbonyl (C=O) groups is 2. The number of fused-ring (bicyclic) bond motifs is 2. The molecule has 2 saturated carbocycles. The first-order chi connectivity index (χ1) is 16.5. The summed E-state index contributed by atoms with van der Waals surface area (Å²) in [5, 5.41) is 5.22. The molecule has 34 heavy (non-hydrogen) atoms. The first-order valence-electron chi connectivity index (χ1n) is 12.0. The molecule has 4 unspecified atom stereocenters. The van der Waals surface area contributed by atoms with Gasteiger partial charge in [0.15, 0.2) is 0 Å². The SMILES string of the molecule is Cc1ccccc1C(C(=O)NC1CC2CCC1C2)N(C(=O)Cc1cccs1)c1cccc(F)c1. The number of rotatable bonds is 7. The minimum absolute atomic E-state index is 0.138. The maximum atomic E-state index is 14.3. The predicted molar refractivity (Wildman–Crippen MR) is 133 cm³/mol. The van der Waals surface area contributed by atoms with Gasteiger partial charge in [-0.15, -0.1) is 11.3 Å². The van der Waals surface area contributed by atoms with Gasteiger partial charge in [0.25, 0.3) is 0 Å². The summed E-state index contributed by atoms with van der Waals surface area (Å²) in [6, 6.07) is 16.7. The van der Waals surface area contributed by atoms with Crippen LogP contribution in [-0.4, -0.2) is 17.9 Å². The van der Waals surface area contributed by atoms with E-state index in [-0.39, 0.29) is 24.3 Å². The van der Waals surface area contributed by atoms with Crippen LogP contribution in [0.15, 0.2) is 66.0 Å². The van der Waals surface area contributed by atoms with Gasteiger partial charge in [-0.05, 0) is 78.8 Å². The highest BCUT2D eigenvalue weighted by Gasteiger charge is 2.42. The maximum Gasteiger partial charge on any atom is 0.248 e. The summed E-state index contributed by atoms with van der Waals surface area (Å²) < 4.78 is 14.3. The monoisotopic (exact) mass is 476 g/mol. The second kappa shape index (κ2) is 9.71. The summed E-state index contributed by atoms with van der Waals surface area (Å²) in [4.78, 5) is 30.1. The molecule has 176 valence electrons. The summed E-state index contributed by atoms with van der Waals surface area (Å²) in [6.45, 7) is 1.95. The lowest BCUT2D eigenvalue weighted by molar-refractivity contribution is -0.127. The molecule has 2 aliphatic rings. The fourth-order valence-electron chi connectivity index (χ4n) is 5.68. The minimum Gasteiger partial charge on any atom is -0.351 e. The Morgan fingerprint density at radius 1 is 1.09 bits per heavy atom. The van der Waals surface area contributed by atoms with Crippen molar-refractivity contribution in [3.63, 3.8) is 0 Å². The molecule has 0 spiro atoms. The highest BCUT2D eigenvalue weighted by atomic mass is 32.1. The third-order valence-electron chi connectivity index (χ3n) is 7.32. The number of nitrogens with one attached hydrogen (secondary N) is 1. The topological polar surface area (TPSA) is 49.4 Å². The van der Waals surface area contributed by atoms with Crippen molar-refractivity contribution >= 4 is 28.8 Å². The van der Waals surface area contributed by atoms with E-state index < -0.39 is 11.9 Å². The van der Waals surface area contributed by atoms with E-state index in [1.165, 1.54) is 41.2 Å². The number of hydrogen-bond acceptors (Lipinski definition) is 3. The van der Waals surface area contributed by atoms with Gasteiger partial charge in [-0.2, -0.15) is 0 Å². The summed E-state index contributed by atoms with van der Waals surface area (Å²) in [5.41, 5.74) is 2.06. The van der Waals surface area contributed by atoms with E-state index in [0.29, 0.717) is 17.5 Å². The van der Waals surface area contributed by atoms with Gasteiger partial charge in [0.1, 0.15) is 11.9 Å². The Morgan fingerprint density at radius 2 is 1.94 bits per heavy atom. The summed E-state index contributed by atoms with van der Waals surface area (Å²) in [5.74, 6) is 0.325. The van der Waals surface area contributed by atoms with E-state index in [0.717, 1.165) is 28.8 Å². The average molecular weight is 477 g/mol. The fourth-order valence-corrected chi connectivity index (χ4v) is 6.38. The molecule has 1 N–H and O–H groups in total. The highest BCUT2D eigenvalue weighted by Crippen LogP contribution is 2.45. The molecule has 2 fully saturated rings. The number of halogens is 1. The summed E-state index contributed by atoms with van der Waals surface area (Å²) in [7, 11) is 0. The molecule has 2 amide bonds. The van der Waals surface area contributed by atoms with Gasteiger partial charge < -0.3 is 5.32 Å². The molecule has 1 aromatic heterocycles. The lowest BCUT2D eigenvalue weighted by Gasteiger charge is -2.34. The second-order valence-corrected chi connectivity index (χ2v) is 10.6. The molecule has 2 aromatic carbocycles. The van der Waals surface area contributed by atoms with Crippen LogP contribution in [-0.2, 0) is 16.0 Å². The number of anilines is 1. The van der Waals surface area contributed by atoms with Gasteiger partial charge in [0, 0.05) is 16.6 Å². The zero-order chi connectivity index (χ0) is 23.7. The predicted octanol–water partition coefficient (Wildman–Crippen LogP) is 5.82. The van der Waals surface area contributed by atoms with Crippen LogP contribution in [0.1, 0.15) is 47.7 Å². The Kier molecular flexibility index (Phi) is 6.50. The molecule has 0 aliphatic heterocycles. The molecule has 2 bridgehead atoms. The minimum atomic E-state index is -0.880. The maximum absolute atomic E-state index is 14.3. The number of aryl methyl sites for hydroxylation is 1. The standard InChI is InChI=1S/C28H29FN2O2S/c1-18-6-2-3-10-24(18)27(28(33)30-25-15-19-11-12-20(25)14-19)31(22-8-4-7-21(29)16-22)26(32)17-23-9-5-13-34-23/h2-10,13,16,19-20,25,27H,11-12,14-15,17H2,1H3,(H,30,33). The first-order valence-corrected chi connectivity index (χ1v) is 12.8. The van der Waals surface area contributed by atoms with Gasteiger partial charge in [-0.25, -0.2) is 4.39 Å². The molecule has 4 nitrogen and oxygen atoms in total. The number of carbonyl (C=O) groups excluding carboxylic acids is 2. The van der Waals surface area contributed by atoms with Crippen LogP contribution < -0.4 is 10.2 Å². The van der Waals surface area contributed by atoms with Crippen molar-refractivity contribution in [1.82, 2.24) is 5.32 Å². The van der Waals surface area contributed by atoms with E-state index in [2.05, 4.69) is 5.32 Å². The summed E-state index contributed by atoms with van der Waals surface area (Å²) >= 11 is 1.50. The first kappa shape index (κ1) is 22.8. The Labute approximate surface area is 203 Å². The van der Waals surface area contributed by atoms with E-state index in [1.807, 2.05) is 48.7 Å². The molecule has 1 heterocycles. The number of hydrogen-bond donors (Lipinski definition) is 1. The van der Waals surface area contributed by atoms with Crippen molar-refractivity contribution in [3.8, 4) is 0 Å². The second-order valence-electron chi connectivity index (χ2n) is 9.55. The molecule has 6 heteroatoms. The van der Waals surface area contributed by atoms with Crippen LogP contribution >= 0.6 is 11.3 Å². The molecular weight excluding hydrogens is 447 g/mol. The summed E-state index contributed by atoms with van der Waals surface area (Å²) in [6.07, 6.45) is 4.71. The zero-order valence-corrected chi connectivity index (χ0v) is 20.1. The van der Waals surface area contributed by atoms with Crippen LogP contribution in [0.2, 0.25) is 0 Å². The lowest BCUT2D eigenvalue weighted by Crippen LogP contribution is -2.48. The van der Waals surface area contributed by atoms with Crippen molar-refractivity contribution in [2.75, 3.05) is 4.90 Å². The smallest absolute Gasteiger partial charge is 0.248 e. The molecule has 0 saturated heterocycles. The molecular formula is C28H29FN2O2S. The quantitative estimate of drug-likeness (QED) is 0.467. The van der Waals surface area contributed by atoms with Gasteiger partial charge in [-0.1, -0.05) is 42.8 Å². The molecule has 4 atom stereocenters. The van der Waals surface area contributed by atoms with E-state index >= 15 is 0 Å². The fraction of sp³-hybridized carbons (Fsp3) is 0.357. The molecule has 3 aromatic rings. The number of nitrogens with zero attached hydrogens (tertiary/aromatic N) is 1. The third-order valence-corrected chi connectivity index (χ3v) is 8.19. The number of benzene rings is 2. The van der Waals surface area contributed by atoms with Gasteiger partial charge in [0.2, 0.25) is 11.8 Å². The lowest BCUT2D eigenvalue weighted by atomic mass is 9.93. The van der Waals surface area contributed by atoms with E-state index in [1.54, 1.807) is 12.1 Å². The van der Waals surface area contributed by atoms with E-state index in [4.69, 9.17) is 0 Å². The molecule has 5 rings (SSSR count). The highest BCUT2D eigenvalue weighted by molar-refractivity contribution is 7.10. The van der Waals surface area contributed by atoms with Crippen LogP contribution in [0.25, 0.3) is 0 Å². The Morgan fingerprint density at radius 3 is 2.62 bits per heavy atom. The third kappa shape index (κ3) is 4.64. The Hall–Kier alpha value is -2.99. The van der Waals surface area contributed by atoms with Crippen LogP contribution in [0.4, 0.5) is 10.1 Å². The number of thiophene rings is 1. The Bertz CT molecular complexity index is 1180. The largest absolute Gasteiger partial charge is 0.351 e.